The molecule has 2 amide bonds. The molecule has 0 aliphatic rings. The predicted molar refractivity (Wildman–Crippen MR) is 145 cm³/mol. The molecule has 38 heavy (non-hydrogen) atoms. The van der Waals surface area contributed by atoms with E-state index in [4.69, 9.17) is 11.6 Å². The molecule has 0 heterocycles. The summed E-state index contributed by atoms with van der Waals surface area (Å²) in [6.07, 6.45) is 2.47. The summed E-state index contributed by atoms with van der Waals surface area (Å²) in [7, 11) is 0. The van der Waals surface area contributed by atoms with Crippen LogP contribution in [0.15, 0.2) is 77.5 Å². The number of anilines is 1. The Labute approximate surface area is 224 Å². The Balaban J connectivity index is 1.88. The molecule has 0 saturated carbocycles. The van der Waals surface area contributed by atoms with Crippen LogP contribution in [-0.4, -0.2) is 36.0 Å². The van der Waals surface area contributed by atoms with Crippen molar-refractivity contribution in [1.82, 2.24) is 10.7 Å². The third-order valence-electron chi connectivity index (χ3n) is 5.54. The third kappa shape index (κ3) is 6.95. The summed E-state index contributed by atoms with van der Waals surface area (Å²) < 4.78 is 0. The quantitative estimate of drug-likeness (QED) is 0.174. The normalized spacial score (nSPS) is 11.3. The fourth-order valence-corrected chi connectivity index (χ4v) is 3.76. The first-order valence-corrected chi connectivity index (χ1v) is 12.0. The van der Waals surface area contributed by atoms with E-state index >= 15 is 0 Å². The van der Waals surface area contributed by atoms with Crippen molar-refractivity contribution in [3.05, 3.63) is 104 Å². The van der Waals surface area contributed by atoms with Crippen molar-refractivity contribution in [3.63, 3.8) is 0 Å². The Hall–Kier alpha value is -4.70. The van der Waals surface area contributed by atoms with E-state index in [1.54, 1.807) is 30.3 Å². The van der Waals surface area contributed by atoms with Crippen LogP contribution >= 0.6 is 11.6 Å². The summed E-state index contributed by atoms with van der Waals surface area (Å²) in [5.74, 6) is -2.24. The smallest absolute Gasteiger partial charge is 0.287 e. The highest BCUT2D eigenvalue weighted by atomic mass is 35.5. The molecule has 11 heteroatoms. The van der Waals surface area contributed by atoms with Crippen LogP contribution in [0.5, 0.6) is 5.75 Å². The van der Waals surface area contributed by atoms with E-state index in [0.717, 1.165) is 31.1 Å². The van der Waals surface area contributed by atoms with Gasteiger partial charge in [-0.05, 0) is 61.1 Å². The Morgan fingerprint density at radius 1 is 1.03 bits per heavy atom. The number of hydrogen-bond donors (Lipinski definition) is 2. The van der Waals surface area contributed by atoms with Gasteiger partial charge in [0, 0.05) is 24.8 Å². The third-order valence-corrected chi connectivity index (χ3v) is 5.86. The number of halogens is 1. The first kappa shape index (κ1) is 27.9. The summed E-state index contributed by atoms with van der Waals surface area (Å²) in [6, 6.07) is 17.5. The van der Waals surface area contributed by atoms with Gasteiger partial charge in [-0.1, -0.05) is 48.0 Å². The highest BCUT2D eigenvalue weighted by Crippen LogP contribution is 2.25. The average molecular weight is 535 g/mol. The first-order chi connectivity index (χ1) is 18.2. The first-order valence-electron chi connectivity index (χ1n) is 11.7. The minimum absolute atomic E-state index is 0.0860. The predicted octanol–water partition coefficient (Wildman–Crippen LogP) is 4.09. The van der Waals surface area contributed by atoms with E-state index < -0.39 is 28.2 Å². The fraction of sp³-hybridized carbons (Fsp3) is 0.148. The standard InChI is InChI=1S/C27H26ClN5O5/c1-3-32(4-2)20-14-12-18(13-15-20)16-23(30-26(35)21-9-5-6-10-22(21)28)27(36)31-29-17-19-8-7-11-24(25(19)34)33(37)38/h5-17,34H,3-4H2,1-2H3,(H,30,35)(H,31,36)/p-1/b23-16-,29-17-. The molecule has 196 valence electrons. The molecular formula is C27H25ClN5O5-. The summed E-state index contributed by atoms with van der Waals surface area (Å²) in [6.45, 7) is 5.77. The van der Waals surface area contributed by atoms with Crippen LogP contribution in [0.4, 0.5) is 11.4 Å². The Morgan fingerprint density at radius 2 is 1.71 bits per heavy atom. The van der Waals surface area contributed by atoms with Crippen LogP contribution in [0.3, 0.4) is 0 Å². The molecule has 2 N–H and O–H groups in total. The molecule has 0 atom stereocenters. The van der Waals surface area contributed by atoms with Crippen molar-refractivity contribution in [2.75, 3.05) is 18.0 Å². The Morgan fingerprint density at radius 3 is 2.34 bits per heavy atom. The van der Waals surface area contributed by atoms with Gasteiger partial charge in [0.2, 0.25) is 0 Å². The van der Waals surface area contributed by atoms with Gasteiger partial charge in [-0.25, -0.2) is 5.43 Å². The van der Waals surface area contributed by atoms with Crippen molar-refractivity contribution < 1.29 is 19.6 Å². The zero-order chi connectivity index (χ0) is 27.7. The lowest BCUT2D eigenvalue weighted by atomic mass is 10.1. The fourth-order valence-electron chi connectivity index (χ4n) is 3.54. The molecule has 0 aliphatic heterocycles. The van der Waals surface area contributed by atoms with Crippen molar-refractivity contribution in [3.8, 4) is 5.75 Å². The molecule has 0 saturated heterocycles. The zero-order valence-corrected chi connectivity index (χ0v) is 21.4. The number of rotatable bonds is 10. The van der Waals surface area contributed by atoms with Gasteiger partial charge in [0.15, 0.2) is 0 Å². The molecule has 0 fully saturated rings. The van der Waals surface area contributed by atoms with Gasteiger partial charge in [0.1, 0.15) is 5.70 Å². The molecule has 3 aromatic rings. The van der Waals surface area contributed by atoms with Crippen LogP contribution < -0.4 is 20.7 Å². The molecular weight excluding hydrogens is 510 g/mol. The number of hydrazone groups is 1. The van der Waals surface area contributed by atoms with Gasteiger partial charge in [0.25, 0.3) is 17.5 Å². The topological polar surface area (TPSA) is 140 Å². The number of hydrogen-bond acceptors (Lipinski definition) is 7. The number of carbonyl (C=O) groups excluding carboxylic acids is 2. The van der Waals surface area contributed by atoms with E-state index in [0.29, 0.717) is 5.56 Å². The maximum Gasteiger partial charge on any atom is 0.287 e. The monoisotopic (exact) mass is 534 g/mol. The van der Waals surface area contributed by atoms with E-state index in [2.05, 4.69) is 20.7 Å². The number of para-hydroxylation sites is 1. The lowest BCUT2D eigenvalue weighted by molar-refractivity contribution is -0.398. The van der Waals surface area contributed by atoms with Crippen LogP contribution in [0.2, 0.25) is 5.02 Å². The Kier molecular flexibility index (Phi) is 9.55. The van der Waals surface area contributed by atoms with Crippen molar-refractivity contribution >= 4 is 47.1 Å². The average Bonchev–Trinajstić information content (AvgIpc) is 2.90. The number of amides is 2. The SMILES string of the molecule is CCN(CC)c1ccc(/C=C(\NC(=O)c2ccccc2Cl)C(=O)N/N=C\c2cccc([N+](=O)[O-])c2[O-])cc1. The number of nitrogens with zero attached hydrogens (tertiary/aromatic N) is 3. The highest BCUT2D eigenvalue weighted by molar-refractivity contribution is 6.34. The lowest BCUT2D eigenvalue weighted by Gasteiger charge is -2.21. The largest absolute Gasteiger partial charge is 0.867 e. The van der Waals surface area contributed by atoms with Gasteiger partial charge in [-0.15, -0.1) is 0 Å². The number of nitro groups is 1. The van der Waals surface area contributed by atoms with Gasteiger partial charge in [-0.2, -0.15) is 5.10 Å². The molecule has 0 bridgehead atoms. The molecule has 0 aliphatic carbocycles. The minimum Gasteiger partial charge on any atom is -0.867 e. The van der Waals surface area contributed by atoms with E-state index in [1.807, 2.05) is 26.0 Å². The zero-order valence-electron chi connectivity index (χ0n) is 20.7. The highest BCUT2D eigenvalue weighted by Gasteiger charge is 2.16. The second-order valence-corrected chi connectivity index (χ2v) is 8.31. The molecule has 0 spiro atoms. The van der Waals surface area contributed by atoms with Crippen molar-refractivity contribution in [2.45, 2.75) is 13.8 Å². The van der Waals surface area contributed by atoms with Crippen LogP contribution in [0, 0.1) is 10.1 Å². The molecule has 3 rings (SSSR count). The lowest BCUT2D eigenvalue weighted by Crippen LogP contribution is -2.33. The van der Waals surface area contributed by atoms with Gasteiger partial charge in [0.05, 0.1) is 21.7 Å². The van der Waals surface area contributed by atoms with E-state index in [-0.39, 0.29) is 21.8 Å². The maximum absolute atomic E-state index is 13.0. The number of carbonyl (C=O) groups is 2. The van der Waals surface area contributed by atoms with Crippen molar-refractivity contribution in [1.29, 1.82) is 0 Å². The second-order valence-electron chi connectivity index (χ2n) is 7.91. The van der Waals surface area contributed by atoms with Gasteiger partial charge >= 0.3 is 0 Å². The van der Waals surface area contributed by atoms with Crippen LogP contribution in [0.1, 0.15) is 35.3 Å². The molecule has 0 radical (unpaired) electrons. The molecule has 3 aromatic carbocycles. The van der Waals surface area contributed by atoms with E-state index in [9.17, 15) is 24.8 Å². The van der Waals surface area contributed by atoms with Crippen LogP contribution in [0.25, 0.3) is 6.08 Å². The Bertz CT molecular complexity index is 1380. The van der Waals surface area contributed by atoms with E-state index in [1.165, 1.54) is 24.3 Å². The van der Waals surface area contributed by atoms with Gasteiger partial charge in [-0.3, -0.25) is 19.7 Å². The summed E-state index contributed by atoms with van der Waals surface area (Å²) in [4.78, 5) is 38.2. The minimum atomic E-state index is -0.841. The van der Waals surface area contributed by atoms with Crippen molar-refractivity contribution in [2.24, 2.45) is 5.10 Å². The number of nitro benzene ring substituents is 1. The molecule has 10 nitrogen and oxygen atoms in total. The van der Waals surface area contributed by atoms with Crippen LogP contribution in [-0.2, 0) is 4.79 Å². The summed E-state index contributed by atoms with van der Waals surface area (Å²) in [5, 5.41) is 29.7. The maximum atomic E-state index is 13.0. The summed E-state index contributed by atoms with van der Waals surface area (Å²) >= 11 is 6.13. The molecule has 0 aromatic heterocycles. The summed E-state index contributed by atoms with van der Waals surface area (Å²) in [5.41, 5.74) is 3.22. The van der Waals surface area contributed by atoms with Gasteiger partial charge < -0.3 is 15.3 Å². The second kappa shape index (κ2) is 13.0. The number of nitrogens with one attached hydrogen (secondary N) is 2. The number of benzene rings is 3. The molecule has 0 unspecified atom stereocenters.